The van der Waals surface area contributed by atoms with Gasteiger partial charge in [-0.05, 0) is 33.7 Å². The zero-order valence-corrected chi connectivity index (χ0v) is 17.5. The van der Waals surface area contributed by atoms with E-state index in [1.165, 1.54) is 12.1 Å². The fourth-order valence-corrected chi connectivity index (χ4v) is 3.99. The second kappa shape index (κ2) is 8.67. The Balaban J connectivity index is 2.00. The molecule has 0 aliphatic heterocycles. The highest BCUT2D eigenvalue weighted by Crippen LogP contribution is 2.48. The second-order valence-electron chi connectivity index (χ2n) is 6.54. The van der Waals surface area contributed by atoms with Crippen LogP contribution in [-0.2, 0) is 0 Å². The molecular formula is C22H12F6O2S2. The van der Waals surface area contributed by atoms with Gasteiger partial charge in [-0.25, -0.2) is 0 Å². The Morgan fingerprint density at radius 3 is 1.25 bits per heavy atom. The highest BCUT2D eigenvalue weighted by molar-refractivity contribution is 7.96. The van der Waals surface area contributed by atoms with Crippen molar-refractivity contribution in [2.45, 2.75) is 11.0 Å². The summed E-state index contributed by atoms with van der Waals surface area (Å²) in [7, 11) is 0. The Morgan fingerprint density at radius 1 is 0.500 bits per heavy atom. The number of hydrogen-bond donors (Lipinski definition) is 0. The molecule has 0 unspecified atom stereocenters. The zero-order valence-electron chi connectivity index (χ0n) is 15.8. The largest absolute Gasteiger partial charge is 0.479 e. The SMILES string of the molecule is FC(F)(F)SOc1ccc2ccccc2c1-c1c(OSC(F)(F)F)ccc2ccccc12. The number of halogens is 6. The summed E-state index contributed by atoms with van der Waals surface area (Å²) < 4.78 is 87.2. The molecule has 0 saturated heterocycles. The summed E-state index contributed by atoms with van der Waals surface area (Å²) >= 11 is -1.39. The highest BCUT2D eigenvalue weighted by atomic mass is 32.2. The van der Waals surface area contributed by atoms with E-state index in [2.05, 4.69) is 0 Å². The Morgan fingerprint density at radius 2 is 0.875 bits per heavy atom. The fraction of sp³-hybridized carbons (Fsp3) is 0.0909. The Labute approximate surface area is 186 Å². The average Bonchev–Trinajstić information content (AvgIpc) is 2.74. The Bertz CT molecular complexity index is 1170. The minimum absolute atomic E-state index is 0.149. The lowest BCUT2D eigenvalue weighted by molar-refractivity contribution is -0.0377. The van der Waals surface area contributed by atoms with Crippen molar-refractivity contribution in [2.24, 2.45) is 0 Å². The number of fused-ring (bicyclic) bond motifs is 2. The standard InChI is InChI=1S/C22H12F6O2S2/c23-21(24,25)31-29-17-11-9-13-5-1-3-7-15(13)19(17)20-16-8-4-2-6-14(16)10-12-18(20)30-32-22(26,27)28/h1-12H. The van der Waals surface area contributed by atoms with Gasteiger partial charge in [0.15, 0.2) is 24.1 Å². The van der Waals surface area contributed by atoms with Gasteiger partial charge in [0.1, 0.15) is 11.5 Å². The van der Waals surface area contributed by atoms with Gasteiger partial charge in [-0.3, -0.25) is 0 Å². The van der Waals surface area contributed by atoms with Crippen LogP contribution in [0.5, 0.6) is 11.5 Å². The fourth-order valence-electron chi connectivity index (χ4n) is 3.34. The average molecular weight is 486 g/mol. The van der Waals surface area contributed by atoms with Crippen LogP contribution in [0.1, 0.15) is 0 Å². The molecule has 0 atom stereocenters. The highest BCUT2D eigenvalue weighted by Gasteiger charge is 2.34. The maximum Gasteiger partial charge on any atom is 0.479 e. The van der Waals surface area contributed by atoms with E-state index in [1.54, 1.807) is 60.7 Å². The first-order valence-electron chi connectivity index (χ1n) is 9.01. The summed E-state index contributed by atoms with van der Waals surface area (Å²) in [6.07, 6.45) is 0. The lowest BCUT2D eigenvalue weighted by atomic mass is 9.92. The van der Waals surface area contributed by atoms with Crippen molar-refractivity contribution in [3.05, 3.63) is 72.8 Å². The van der Waals surface area contributed by atoms with Crippen molar-refractivity contribution in [1.29, 1.82) is 0 Å². The van der Waals surface area contributed by atoms with E-state index < -0.39 is 35.1 Å². The Hall–Kier alpha value is -2.72. The summed E-state index contributed by atoms with van der Waals surface area (Å²) in [5.41, 5.74) is -8.94. The van der Waals surface area contributed by atoms with Gasteiger partial charge in [0.25, 0.3) is 0 Å². The predicted molar refractivity (Wildman–Crippen MR) is 115 cm³/mol. The van der Waals surface area contributed by atoms with Crippen molar-refractivity contribution in [3.63, 3.8) is 0 Å². The van der Waals surface area contributed by atoms with Gasteiger partial charge in [-0.2, -0.15) is 26.3 Å². The number of rotatable bonds is 5. The maximum atomic E-state index is 12.9. The van der Waals surface area contributed by atoms with Gasteiger partial charge in [-0.1, -0.05) is 60.7 Å². The van der Waals surface area contributed by atoms with Gasteiger partial charge in [0, 0.05) is 11.1 Å². The van der Waals surface area contributed by atoms with Crippen LogP contribution < -0.4 is 8.37 Å². The molecule has 0 bridgehead atoms. The van der Waals surface area contributed by atoms with Crippen molar-refractivity contribution in [1.82, 2.24) is 0 Å². The first kappa shape index (κ1) is 22.5. The van der Waals surface area contributed by atoms with Crippen molar-refractivity contribution in [2.75, 3.05) is 0 Å². The molecule has 32 heavy (non-hydrogen) atoms. The van der Waals surface area contributed by atoms with Gasteiger partial charge in [-0.15, -0.1) is 0 Å². The Kier molecular flexibility index (Phi) is 6.09. The third kappa shape index (κ3) is 5.02. The molecule has 2 nitrogen and oxygen atoms in total. The number of alkyl halides is 6. The summed E-state index contributed by atoms with van der Waals surface area (Å²) in [4.78, 5) is 0. The molecule has 0 fully saturated rings. The van der Waals surface area contributed by atoms with Gasteiger partial charge in [0.05, 0.1) is 0 Å². The summed E-state index contributed by atoms with van der Waals surface area (Å²) in [6, 6.07) is 19.6. The molecule has 0 N–H and O–H groups in total. The maximum absolute atomic E-state index is 12.9. The summed E-state index contributed by atoms with van der Waals surface area (Å²) in [5.74, 6) is -0.298. The van der Waals surface area contributed by atoms with Crippen LogP contribution in [0.2, 0.25) is 0 Å². The first-order valence-corrected chi connectivity index (χ1v) is 10.5. The molecule has 0 spiro atoms. The molecule has 166 valence electrons. The number of benzene rings is 4. The molecule has 4 rings (SSSR count). The van der Waals surface area contributed by atoms with Crippen molar-refractivity contribution >= 4 is 45.6 Å². The molecule has 0 aromatic heterocycles. The van der Waals surface area contributed by atoms with E-state index in [0.29, 0.717) is 21.5 Å². The van der Waals surface area contributed by atoms with Crippen LogP contribution in [0.25, 0.3) is 32.7 Å². The van der Waals surface area contributed by atoms with Crippen molar-refractivity contribution in [3.8, 4) is 22.6 Å². The zero-order chi connectivity index (χ0) is 22.9. The van der Waals surface area contributed by atoms with E-state index in [0.717, 1.165) is 0 Å². The monoisotopic (exact) mass is 486 g/mol. The molecule has 0 heterocycles. The minimum atomic E-state index is -4.67. The lowest BCUT2D eigenvalue weighted by Crippen LogP contribution is -2.04. The first-order chi connectivity index (χ1) is 15.1. The van der Waals surface area contributed by atoms with E-state index in [4.69, 9.17) is 8.37 Å². The summed E-state index contributed by atoms with van der Waals surface area (Å²) in [5, 5.41) is 2.36. The van der Waals surface area contributed by atoms with Gasteiger partial charge in [0.2, 0.25) is 0 Å². The predicted octanol–water partition coefficient (Wildman–Crippen LogP) is 8.75. The minimum Gasteiger partial charge on any atom is -0.416 e. The number of hydrogen-bond acceptors (Lipinski definition) is 4. The van der Waals surface area contributed by atoms with E-state index in [-0.39, 0.29) is 22.6 Å². The van der Waals surface area contributed by atoms with Gasteiger partial charge >= 0.3 is 11.0 Å². The van der Waals surface area contributed by atoms with Gasteiger partial charge < -0.3 is 8.37 Å². The molecule has 10 heteroatoms. The van der Waals surface area contributed by atoms with Crippen LogP contribution >= 0.6 is 24.1 Å². The smallest absolute Gasteiger partial charge is 0.416 e. The van der Waals surface area contributed by atoms with Crippen LogP contribution in [0.15, 0.2) is 72.8 Å². The van der Waals surface area contributed by atoms with E-state index in [9.17, 15) is 26.3 Å². The molecule has 0 aliphatic rings. The van der Waals surface area contributed by atoms with E-state index >= 15 is 0 Å². The molecular weight excluding hydrogens is 474 g/mol. The third-order valence-corrected chi connectivity index (χ3v) is 5.39. The molecule has 0 saturated carbocycles. The molecule has 4 aromatic carbocycles. The molecule has 4 aromatic rings. The normalized spacial score (nSPS) is 12.3. The lowest BCUT2D eigenvalue weighted by Gasteiger charge is -2.19. The molecule has 0 aliphatic carbocycles. The topological polar surface area (TPSA) is 18.5 Å². The summed E-state index contributed by atoms with van der Waals surface area (Å²) in [6.45, 7) is 0. The quantitative estimate of drug-likeness (QED) is 0.207. The van der Waals surface area contributed by atoms with Crippen LogP contribution in [0.3, 0.4) is 0 Å². The molecule has 0 amide bonds. The second-order valence-corrected chi connectivity index (χ2v) is 8.14. The third-order valence-electron chi connectivity index (χ3n) is 4.48. The van der Waals surface area contributed by atoms with E-state index in [1.807, 2.05) is 0 Å². The van der Waals surface area contributed by atoms with Crippen LogP contribution in [0.4, 0.5) is 26.3 Å². The van der Waals surface area contributed by atoms with Crippen molar-refractivity contribution < 1.29 is 34.7 Å². The van der Waals surface area contributed by atoms with Crippen LogP contribution in [0, 0.1) is 0 Å². The van der Waals surface area contributed by atoms with Crippen LogP contribution in [-0.4, -0.2) is 11.0 Å². The molecule has 0 radical (unpaired) electrons.